The largest absolute Gasteiger partial charge is 0.456 e. The number of anilines is 1. The minimum absolute atomic E-state index is 0.0380. The van der Waals surface area contributed by atoms with Crippen molar-refractivity contribution in [3.8, 4) is 23.6 Å². The fraction of sp³-hybridized carbons (Fsp3) is 0.222. The number of nitrogens with one attached hydrogen (secondary N) is 1. The van der Waals surface area contributed by atoms with Crippen LogP contribution in [0.4, 0.5) is 5.69 Å². The molecule has 3 aromatic rings. The van der Waals surface area contributed by atoms with Crippen molar-refractivity contribution < 1.29 is 17.9 Å². The number of halogens is 1. The molecule has 0 atom stereocenters. The molecule has 1 aliphatic rings. The van der Waals surface area contributed by atoms with Crippen LogP contribution in [0, 0.1) is 22.7 Å². The Morgan fingerprint density at radius 3 is 2.19 bits per heavy atom. The summed E-state index contributed by atoms with van der Waals surface area (Å²) in [6.45, 7) is 1.06. The van der Waals surface area contributed by atoms with Gasteiger partial charge in [0.1, 0.15) is 11.5 Å². The van der Waals surface area contributed by atoms with Gasteiger partial charge >= 0.3 is 0 Å². The highest BCUT2D eigenvalue weighted by atomic mass is 35.5. The van der Waals surface area contributed by atoms with E-state index >= 15 is 0 Å². The van der Waals surface area contributed by atoms with Gasteiger partial charge in [0.25, 0.3) is 0 Å². The molecule has 1 N–H and O–H groups in total. The molecule has 10 heteroatoms. The van der Waals surface area contributed by atoms with Gasteiger partial charge in [0.05, 0.1) is 39.6 Å². The zero-order valence-electron chi connectivity index (χ0n) is 19.8. The van der Waals surface area contributed by atoms with Gasteiger partial charge in [-0.25, -0.2) is 8.42 Å². The molecule has 0 spiro atoms. The second-order valence-corrected chi connectivity index (χ2v) is 10.9. The minimum Gasteiger partial charge on any atom is -0.456 e. The maximum atomic E-state index is 12.8. The first-order valence-electron chi connectivity index (χ1n) is 11.6. The Hall–Kier alpha value is -3.89. The standard InChI is InChI=1S/C27H23ClN4O4S/c28-25-15-19(4-9-26(25)36-23-13-20(17-29)12-21(14-23)18-30)16-27(33)31-22-5-7-24(8-6-22)37(34,35)32-10-2-1-3-11-32/h4-9,12-15H,1-3,10-11,16H2,(H,31,33). The molecular weight excluding hydrogens is 512 g/mol. The van der Waals surface area contributed by atoms with Crippen molar-refractivity contribution in [3.63, 3.8) is 0 Å². The van der Waals surface area contributed by atoms with E-state index in [2.05, 4.69) is 5.32 Å². The van der Waals surface area contributed by atoms with Crippen LogP contribution in [0.3, 0.4) is 0 Å². The molecule has 1 amide bonds. The van der Waals surface area contributed by atoms with Gasteiger partial charge in [0.2, 0.25) is 15.9 Å². The van der Waals surface area contributed by atoms with Gasteiger partial charge in [-0.05, 0) is 73.0 Å². The summed E-state index contributed by atoms with van der Waals surface area (Å²) < 4.78 is 32.8. The maximum absolute atomic E-state index is 12.8. The van der Waals surface area contributed by atoms with Crippen LogP contribution in [0.2, 0.25) is 5.02 Å². The van der Waals surface area contributed by atoms with Crippen LogP contribution in [0.15, 0.2) is 65.6 Å². The predicted octanol–water partition coefficient (Wildman–Crippen LogP) is 5.23. The topological polar surface area (TPSA) is 123 Å². The number of amides is 1. The SMILES string of the molecule is N#Cc1cc(C#N)cc(Oc2ccc(CC(=O)Nc3ccc(S(=O)(=O)N4CCCCC4)cc3)cc2Cl)c1. The van der Waals surface area contributed by atoms with Crippen LogP contribution in [0.25, 0.3) is 0 Å². The summed E-state index contributed by atoms with van der Waals surface area (Å²) in [6, 6.07) is 19.5. The van der Waals surface area contributed by atoms with Crippen LogP contribution < -0.4 is 10.1 Å². The van der Waals surface area contributed by atoms with E-state index < -0.39 is 10.0 Å². The normalized spacial score (nSPS) is 13.8. The number of nitriles is 2. The summed E-state index contributed by atoms with van der Waals surface area (Å²) in [5, 5.41) is 21.3. The van der Waals surface area contributed by atoms with Gasteiger partial charge < -0.3 is 10.1 Å². The molecule has 1 aliphatic heterocycles. The van der Waals surface area contributed by atoms with Gasteiger partial charge in [0, 0.05) is 18.8 Å². The summed E-state index contributed by atoms with van der Waals surface area (Å²) in [6.07, 6.45) is 2.80. The number of piperidine rings is 1. The van der Waals surface area contributed by atoms with Crippen LogP contribution >= 0.6 is 11.6 Å². The number of rotatable bonds is 7. The summed E-state index contributed by atoms with van der Waals surface area (Å²) in [7, 11) is -3.53. The number of nitrogens with zero attached hydrogens (tertiary/aromatic N) is 3. The Labute approximate surface area is 220 Å². The molecule has 37 heavy (non-hydrogen) atoms. The number of sulfonamides is 1. The van der Waals surface area contributed by atoms with E-state index in [4.69, 9.17) is 26.9 Å². The van der Waals surface area contributed by atoms with E-state index in [1.807, 2.05) is 12.1 Å². The average molecular weight is 535 g/mol. The number of carbonyl (C=O) groups is 1. The van der Waals surface area contributed by atoms with Crippen molar-refractivity contribution in [1.29, 1.82) is 10.5 Å². The lowest BCUT2D eigenvalue weighted by atomic mass is 10.1. The van der Waals surface area contributed by atoms with Gasteiger partial charge in [-0.15, -0.1) is 0 Å². The number of hydrogen-bond donors (Lipinski definition) is 1. The summed E-state index contributed by atoms with van der Waals surface area (Å²) in [5.74, 6) is 0.320. The van der Waals surface area contributed by atoms with E-state index in [-0.39, 0.29) is 33.4 Å². The van der Waals surface area contributed by atoms with Crippen LogP contribution in [0.1, 0.15) is 36.0 Å². The van der Waals surface area contributed by atoms with Crippen LogP contribution in [-0.2, 0) is 21.2 Å². The Kier molecular flexibility index (Phi) is 8.10. The van der Waals surface area contributed by atoms with Crippen LogP contribution in [0.5, 0.6) is 11.5 Å². The van der Waals surface area contributed by atoms with Gasteiger partial charge in [0.15, 0.2) is 0 Å². The number of carbonyl (C=O) groups excluding carboxylic acids is 1. The average Bonchev–Trinajstić information content (AvgIpc) is 2.90. The highest BCUT2D eigenvalue weighted by Gasteiger charge is 2.25. The van der Waals surface area contributed by atoms with Gasteiger partial charge in [-0.3, -0.25) is 4.79 Å². The molecule has 0 saturated carbocycles. The lowest BCUT2D eigenvalue weighted by Gasteiger charge is -2.25. The molecular formula is C27H23ClN4O4S. The molecule has 4 rings (SSSR count). The maximum Gasteiger partial charge on any atom is 0.243 e. The first-order valence-corrected chi connectivity index (χ1v) is 13.4. The lowest BCUT2D eigenvalue weighted by Crippen LogP contribution is -2.35. The quantitative estimate of drug-likeness (QED) is 0.442. The van der Waals surface area contributed by atoms with E-state index in [1.54, 1.807) is 30.3 Å². The summed E-state index contributed by atoms with van der Waals surface area (Å²) in [5.41, 5.74) is 1.70. The molecule has 3 aromatic carbocycles. The summed E-state index contributed by atoms with van der Waals surface area (Å²) >= 11 is 6.35. The van der Waals surface area contributed by atoms with Crippen molar-refractivity contribution >= 4 is 33.2 Å². The Bertz CT molecular complexity index is 1470. The zero-order chi connectivity index (χ0) is 26.4. The number of benzene rings is 3. The van der Waals surface area contributed by atoms with Crippen molar-refractivity contribution in [3.05, 3.63) is 82.4 Å². The molecule has 8 nitrogen and oxygen atoms in total. The molecule has 188 valence electrons. The van der Waals surface area contributed by atoms with E-state index in [0.717, 1.165) is 19.3 Å². The molecule has 1 heterocycles. The van der Waals surface area contributed by atoms with Crippen molar-refractivity contribution in [2.24, 2.45) is 0 Å². The number of ether oxygens (including phenoxy) is 1. The minimum atomic E-state index is -3.53. The Morgan fingerprint density at radius 2 is 1.59 bits per heavy atom. The van der Waals surface area contributed by atoms with Crippen molar-refractivity contribution in [1.82, 2.24) is 4.31 Å². The molecule has 1 fully saturated rings. The Balaban J connectivity index is 1.38. The third-order valence-corrected chi connectivity index (χ3v) is 8.05. The predicted molar refractivity (Wildman–Crippen MR) is 139 cm³/mol. The Morgan fingerprint density at radius 1 is 0.946 bits per heavy atom. The van der Waals surface area contributed by atoms with Crippen LogP contribution in [-0.4, -0.2) is 31.7 Å². The second kappa shape index (κ2) is 11.4. The molecule has 0 radical (unpaired) electrons. The third-order valence-electron chi connectivity index (χ3n) is 5.84. The second-order valence-electron chi connectivity index (χ2n) is 8.55. The lowest BCUT2D eigenvalue weighted by molar-refractivity contribution is -0.115. The molecule has 0 bridgehead atoms. The van der Waals surface area contributed by atoms with E-state index in [9.17, 15) is 13.2 Å². The zero-order valence-corrected chi connectivity index (χ0v) is 21.3. The smallest absolute Gasteiger partial charge is 0.243 e. The first-order chi connectivity index (χ1) is 17.8. The fourth-order valence-electron chi connectivity index (χ4n) is 4.01. The fourth-order valence-corrected chi connectivity index (χ4v) is 5.77. The molecule has 1 saturated heterocycles. The van der Waals surface area contributed by atoms with Gasteiger partial charge in [-0.2, -0.15) is 14.8 Å². The highest BCUT2D eigenvalue weighted by Crippen LogP contribution is 2.31. The highest BCUT2D eigenvalue weighted by molar-refractivity contribution is 7.89. The van der Waals surface area contributed by atoms with Gasteiger partial charge in [-0.1, -0.05) is 24.1 Å². The van der Waals surface area contributed by atoms with E-state index in [0.29, 0.717) is 35.8 Å². The molecule has 0 aromatic heterocycles. The van der Waals surface area contributed by atoms with Crippen molar-refractivity contribution in [2.75, 3.05) is 18.4 Å². The summed E-state index contributed by atoms with van der Waals surface area (Å²) in [4.78, 5) is 12.8. The first kappa shape index (κ1) is 26.2. The van der Waals surface area contributed by atoms with E-state index in [1.165, 1.54) is 34.6 Å². The molecule has 0 unspecified atom stereocenters. The monoisotopic (exact) mass is 534 g/mol. The molecule has 0 aliphatic carbocycles. The third kappa shape index (κ3) is 6.46. The van der Waals surface area contributed by atoms with Crippen molar-refractivity contribution in [2.45, 2.75) is 30.6 Å². The number of hydrogen-bond acceptors (Lipinski definition) is 6.